The molecule has 0 aromatic carbocycles. The predicted octanol–water partition coefficient (Wildman–Crippen LogP) is 2.41. The Balaban J connectivity index is 1.99. The van der Waals surface area contributed by atoms with Crippen molar-refractivity contribution in [3.05, 3.63) is 22.4 Å². The number of rotatable bonds is 2. The second-order valence-corrected chi connectivity index (χ2v) is 4.60. The van der Waals surface area contributed by atoms with E-state index in [2.05, 4.69) is 29.3 Å². The SMILES string of the molecule is c1csc(CC2CS2)c1. The summed E-state index contributed by atoms with van der Waals surface area (Å²) < 4.78 is 0. The van der Waals surface area contributed by atoms with Crippen molar-refractivity contribution in [2.24, 2.45) is 0 Å². The number of hydrogen-bond acceptors (Lipinski definition) is 2. The Bertz CT molecular complexity index is 175. The molecule has 0 amide bonds. The predicted molar refractivity (Wildman–Crippen MR) is 44.3 cm³/mol. The molecular formula is C7H8S2. The molecule has 0 nitrogen and oxygen atoms in total. The summed E-state index contributed by atoms with van der Waals surface area (Å²) >= 11 is 3.95. The zero-order valence-electron chi connectivity index (χ0n) is 5.04. The van der Waals surface area contributed by atoms with E-state index in [0.717, 1.165) is 5.25 Å². The van der Waals surface area contributed by atoms with Gasteiger partial charge in [-0.15, -0.1) is 11.3 Å². The van der Waals surface area contributed by atoms with Crippen LogP contribution in [0.25, 0.3) is 0 Å². The van der Waals surface area contributed by atoms with Crippen LogP contribution in [0.2, 0.25) is 0 Å². The maximum absolute atomic E-state index is 2.23. The van der Waals surface area contributed by atoms with E-state index in [1.807, 2.05) is 11.3 Å². The number of thioether (sulfide) groups is 1. The van der Waals surface area contributed by atoms with E-state index in [9.17, 15) is 0 Å². The Morgan fingerprint density at radius 3 is 3.11 bits per heavy atom. The van der Waals surface area contributed by atoms with Crippen LogP contribution in [-0.4, -0.2) is 11.0 Å². The first-order chi connectivity index (χ1) is 4.45. The molecule has 0 N–H and O–H groups in total. The number of thiophene rings is 1. The average Bonchev–Trinajstić information content (AvgIpc) is 2.46. The Kier molecular flexibility index (Phi) is 1.52. The molecule has 0 spiro atoms. The van der Waals surface area contributed by atoms with Crippen molar-refractivity contribution in [2.45, 2.75) is 11.7 Å². The summed E-state index contributed by atoms with van der Waals surface area (Å²) in [7, 11) is 0. The molecule has 1 atom stereocenters. The molecular weight excluding hydrogens is 148 g/mol. The molecule has 0 saturated carbocycles. The molecule has 0 aliphatic carbocycles. The lowest BCUT2D eigenvalue weighted by molar-refractivity contribution is 1.05. The van der Waals surface area contributed by atoms with Crippen LogP contribution < -0.4 is 0 Å². The summed E-state index contributed by atoms with van der Waals surface area (Å²) in [5.74, 6) is 1.39. The van der Waals surface area contributed by atoms with Gasteiger partial charge in [-0.3, -0.25) is 0 Å². The fourth-order valence-electron chi connectivity index (χ4n) is 0.839. The topological polar surface area (TPSA) is 0 Å². The Hall–Kier alpha value is 0.0500. The molecule has 9 heavy (non-hydrogen) atoms. The highest BCUT2D eigenvalue weighted by atomic mass is 32.2. The van der Waals surface area contributed by atoms with E-state index in [-0.39, 0.29) is 0 Å². The summed E-state index contributed by atoms with van der Waals surface area (Å²) in [5, 5.41) is 3.12. The van der Waals surface area contributed by atoms with Gasteiger partial charge in [0.1, 0.15) is 0 Å². The van der Waals surface area contributed by atoms with Crippen molar-refractivity contribution in [1.29, 1.82) is 0 Å². The minimum atomic E-state index is 0.962. The monoisotopic (exact) mass is 156 g/mol. The second-order valence-electron chi connectivity index (χ2n) is 2.24. The summed E-state index contributed by atoms with van der Waals surface area (Å²) in [6.07, 6.45) is 1.31. The zero-order valence-corrected chi connectivity index (χ0v) is 6.67. The van der Waals surface area contributed by atoms with Gasteiger partial charge >= 0.3 is 0 Å². The third-order valence-electron chi connectivity index (χ3n) is 1.41. The first-order valence-corrected chi connectivity index (χ1v) is 5.02. The lowest BCUT2D eigenvalue weighted by atomic mass is 10.3. The highest BCUT2D eigenvalue weighted by molar-refractivity contribution is 8.06. The lowest BCUT2D eigenvalue weighted by Crippen LogP contribution is -1.85. The van der Waals surface area contributed by atoms with Crippen molar-refractivity contribution in [1.82, 2.24) is 0 Å². The molecule has 1 aliphatic rings. The van der Waals surface area contributed by atoms with Crippen LogP contribution in [0.15, 0.2) is 17.5 Å². The molecule has 0 bridgehead atoms. The van der Waals surface area contributed by atoms with E-state index in [1.54, 1.807) is 4.88 Å². The van der Waals surface area contributed by atoms with Gasteiger partial charge < -0.3 is 0 Å². The van der Waals surface area contributed by atoms with Crippen molar-refractivity contribution in [3.8, 4) is 0 Å². The average molecular weight is 156 g/mol. The highest BCUT2D eigenvalue weighted by Gasteiger charge is 2.22. The van der Waals surface area contributed by atoms with Crippen LogP contribution >= 0.6 is 23.1 Å². The fourth-order valence-corrected chi connectivity index (χ4v) is 2.28. The van der Waals surface area contributed by atoms with Gasteiger partial charge in [0.15, 0.2) is 0 Å². The van der Waals surface area contributed by atoms with Gasteiger partial charge in [0, 0.05) is 15.9 Å². The van der Waals surface area contributed by atoms with Gasteiger partial charge in [-0.25, -0.2) is 0 Å². The number of hydrogen-bond donors (Lipinski definition) is 0. The van der Waals surface area contributed by atoms with Crippen LogP contribution in [0.1, 0.15) is 4.88 Å². The Morgan fingerprint density at radius 1 is 1.67 bits per heavy atom. The maximum atomic E-state index is 2.23. The molecule has 1 fully saturated rings. The van der Waals surface area contributed by atoms with Crippen LogP contribution in [-0.2, 0) is 6.42 Å². The highest BCUT2D eigenvalue weighted by Crippen LogP contribution is 2.33. The zero-order chi connectivity index (χ0) is 6.10. The molecule has 1 saturated heterocycles. The van der Waals surface area contributed by atoms with Crippen molar-refractivity contribution in [2.75, 3.05) is 5.75 Å². The summed E-state index contributed by atoms with van der Waals surface area (Å²) in [4.78, 5) is 1.55. The first kappa shape index (κ1) is 5.81. The van der Waals surface area contributed by atoms with Gasteiger partial charge in [-0.05, 0) is 17.9 Å². The van der Waals surface area contributed by atoms with Crippen LogP contribution in [0.3, 0.4) is 0 Å². The summed E-state index contributed by atoms with van der Waals surface area (Å²) in [5.41, 5.74) is 0. The van der Waals surface area contributed by atoms with Gasteiger partial charge in [0.2, 0.25) is 0 Å². The molecule has 1 unspecified atom stereocenters. The van der Waals surface area contributed by atoms with Crippen molar-refractivity contribution < 1.29 is 0 Å². The molecule has 2 heteroatoms. The second kappa shape index (κ2) is 2.35. The summed E-state index contributed by atoms with van der Waals surface area (Å²) in [6.45, 7) is 0. The molecule has 1 aromatic rings. The quantitative estimate of drug-likeness (QED) is 0.592. The standard InChI is InChI=1S/C7H8S2/c1-2-6(8-3-1)4-7-5-9-7/h1-3,7H,4-5H2. The normalized spacial score (nSPS) is 24.2. The van der Waals surface area contributed by atoms with E-state index in [1.165, 1.54) is 12.2 Å². The van der Waals surface area contributed by atoms with Gasteiger partial charge in [-0.2, -0.15) is 11.8 Å². The minimum absolute atomic E-state index is 0.962. The molecule has 1 aromatic heterocycles. The molecule has 2 heterocycles. The lowest BCUT2D eigenvalue weighted by Gasteiger charge is -1.87. The molecule has 0 radical (unpaired) electrons. The van der Waals surface area contributed by atoms with Crippen LogP contribution in [0.5, 0.6) is 0 Å². The third-order valence-corrected chi connectivity index (χ3v) is 3.28. The molecule has 2 rings (SSSR count). The maximum Gasteiger partial charge on any atom is 0.0186 e. The Morgan fingerprint density at radius 2 is 2.56 bits per heavy atom. The fraction of sp³-hybridized carbons (Fsp3) is 0.429. The van der Waals surface area contributed by atoms with E-state index in [4.69, 9.17) is 0 Å². The van der Waals surface area contributed by atoms with Crippen LogP contribution in [0, 0.1) is 0 Å². The van der Waals surface area contributed by atoms with E-state index in [0.29, 0.717) is 0 Å². The van der Waals surface area contributed by atoms with Crippen molar-refractivity contribution in [3.63, 3.8) is 0 Å². The Labute approximate surface area is 63.3 Å². The van der Waals surface area contributed by atoms with Gasteiger partial charge in [0.05, 0.1) is 0 Å². The van der Waals surface area contributed by atoms with E-state index >= 15 is 0 Å². The molecule has 1 aliphatic heterocycles. The van der Waals surface area contributed by atoms with E-state index < -0.39 is 0 Å². The third kappa shape index (κ3) is 1.49. The largest absolute Gasteiger partial charge is 0.156 e. The molecule has 48 valence electrons. The smallest absolute Gasteiger partial charge is 0.0186 e. The van der Waals surface area contributed by atoms with Crippen LogP contribution in [0.4, 0.5) is 0 Å². The minimum Gasteiger partial charge on any atom is -0.156 e. The first-order valence-electron chi connectivity index (χ1n) is 3.09. The van der Waals surface area contributed by atoms with Gasteiger partial charge in [-0.1, -0.05) is 6.07 Å². The summed E-state index contributed by atoms with van der Waals surface area (Å²) in [6, 6.07) is 4.36. The van der Waals surface area contributed by atoms with Gasteiger partial charge in [0.25, 0.3) is 0 Å². The van der Waals surface area contributed by atoms with Crippen molar-refractivity contribution >= 4 is 23.1 Å².